The average Bonchev–Trinajstić information content (AvgIpc) is 2.65. The largest absolute Gasteiger partial charge is 0.382 e. The van der Waals surface area contributed by atoms with E-state index in [1.165, 1.54) is 6.07 Å². The van der Waals surface area contributed by atoms with Crippen molar-refractivity contribution in [3.05, 3.63) is 33.8 Å². The summed E-state index contributed by atoms with van der Waals surface area (Å²) in [5, 5.41) is 6.36. The minimum absolute atomic E-state index is 0.0842. The molecule has 0 radical (unpaired) electrons. The minimum atomic E-state index is -0.394. The molecule has 1 fully saturated rings. The Labute approximate surface area is 176 Å². The van der Waals surface area contributed by atoms with Gasteiger partial charge in [0.1, 0.15) is 0 Å². The van der Waals surface area contributed by atoms with Crippen LogP contribution in [0.3, 0.4) is 0 Å². The molecule has 2 amide bonds. The van der Waals surface area contributed by atoms with Gasteiger partial charge in [0.25, 0.3) is 5.91 Å². The van der Waals surface area contributed by atoms with Crippen LogP contribution in [0.5, 0.6) is 0 Å². The van der Waals surface area contributed by atoms with Crippen LogP contribution in [0.4, 0.5) is 0 Å². The maximum absolute atomic E-state index is 12.2. The van der Waals surface area contributed by atoms with Crippen molar-refractivity contribution in [2.24, 2.45) is 5.92 Å². The van der Waals surface area contributed by atoms with E-state index in [9.17, 15) is 9.59 Å². The molecule has 1 heterocycles. The van der Waals surface area contributed by atoms with Gasteiger partial charge in [-0.1, -0.05) is 30.1 Å². The molecule has 1 saturated heterocycles. The monoisotopic (exact) mass is 429 g/mol. The lowest BCUT2D eigenvalue weighted by Crippen LogP contribution is -2.52. The molecule has 0 bridgehead atoms. The Morgan fingerprint density at radius 2 is 2.11 bits per heavy atom. The highest BCUT2D eigenvalue weighted by Gasteiger charge is 2.27. The summed E-state index contributed by atoms with van der Waals surface area (Å²) < 4.78 is 5.38. The molecule has 2 atom stereocenters. The third-order valence-corrected chi connectivity index (χ3v) is 5.44. The van der Waals surface area contributed by atoms with E-state index in [0.717, 1.165) is 45.7 Å². The van der Waals surface area contributed by atoms with E-state index in [0.29, 0.717) is 16.5 Å². The normalized spacial score (nSPS) is 20.0. The zero-order chi connectivity index (χ0) is 20.5. The number of hydrogen-bond donors (Lipinski definition) is 2. The highest BCUT2D eigenvalue weighted by Crippen LogP contribution is 2.21. The molecule has 1 aromatic rings. The predicted octanol–water partition coefficient (Wildman–Crippen LogP) is 2.98. The molecule has 1 aliphatic heterocycles. The van der Waals surface area contributed by atoms with Crippen LogP contribution in [0.1, 0.15) is 37.0 Å². The number of benzene rings is 1. The number of amides is 2. The Balaban J connectivity index is 1.72. The molecule has 2 unspecified atom stereocenters. The highest BCUT2D eigenvalue weighted by molar-refractivity contribution is 6.36. The molecule has 0 aromatic heterocycles. The van der Waals surface area contributed by atoms with Gasteiger partial charge in [0.15, 0.2) is 0 Å². The number of carbonyl (C=O) groups is 2. The van der Waals surface area contributed by atoms with Gasteiger partial charge in [-0.15, -0.1) is 0 Å². The van der Waals surface area contributed by atoms with Crippen LogP contribution in [0.2, 0.25) is 10.0 Å². The van der Waals surface area contributed by atoms with E-state index < -0.39 is 5.91 Å². The Morgan fingerprint density at radius 3 is 2.79 bits per heavy atom. The number of rotatable bonds is 9. The van der Waals surface area contributed by atoms with Crippen LogP contribution in [0.15, 0.2) is 18.2 Å². The predicted molar refractivity (Wildman–Crippen MR) is 112 cm³/mol. The van der Waals surface area contributed by atoms with Gasteiger partial charge in [-0.25, -0.2) is 0 Å². The summed E-state index contributed by atoms with van der Waals surface area (Å²) >= 11 is 11.9. The van der Waals surface area contributed by atoms with Crippen molar-refractivity contribution in [3.8, 4) is 0 Å². The van der Waals surface area contributed by atoms with Gasteiger partial charge in [0.05, 0.1) is 17.1 Å². The molecule has 28 heavy (non-hydrogen) atoms. The maximum atomic E-state index is 12.2. The van der Waals surface area contributed by atoms with E-state index in [1.807, 2.05) is 6.92 Å². The van der Waals surface area contributed by atoms with Gasteiger partial charge >= 0.3 is 0 Å². The van der Waals surface area contributed by atoms with E-state index in [-0.39, 0.29) is 23.5 Å². The maximum Gasteiger partial charge on any atom is 0.253 e. The first-order chi connectivity index (χ1) is 13.4. The van der Waals surface area contributed by atoms with Gasteiger partial charge in [0.2, 0.25) is 5.91 Å². The summed E-state index contributed by atoms with van der Waals surface area (Å²) in [5.74, 6) is -0.236. The van der Waals surface area contributed by atoms with Crippen LogP contribution in [-0.4, -0.2) is 62.1 Å². The topological polar surface area (TPSA) is 70.7 Å². The lowest BCUT2D eigenvalue weighted by atomic mass is 9.93. The van der Waals surface area contributed by atoms with Crippen molar-refractivity contribution in [3.63, 3.8) is 0 Å². The molecule has 0 aliphatic carbocycles. The van der Waals surface area contributed by atoms with Gasteiger partial charge in [0, 0.05) is 43.9 Å². The molecule has 2 rings (SSSR count). The number of carbonyl (C=O) groups excluding carboxylic acids is 2. The van der Waals surface area contributed by atoms with Crippen molar-refractivity contribution in [2.45, 2.75) is 32.7 Å². The highest BCUT2D eigenvalue weighted by atomic mass is 35.5. The molecule has 1 aliphatic rings. The molecular weight excluding hydrogens is 401 g/mol. The zero-order valence-corrected chi connectivity index (χ0v) is 18.0. The number of halogens is 2. The van der Waals surface area contributed by atoms with Crippen LogP contribution < -0.4 is 10.6 Å². The van der Waals surface area contributed by atoms with E-state index in [4.69, 9.17) is 27.9 Å². The van der Waals surface area contributed by atoms with E-state index in [1.54, 1.807) is 12.1 Å². The second-order valence-electron chi connectivity index (χ2n) is 7.10. The summed E-state index contributed by atoms with van der Waals surface area (Å²) in [6.45, 7) is 8.53. The van der Waals surface area contributed by atoms with Crippen molar-refractivity contribution in [1.82, 2.24) is 15.5 Å². The third-order valence-electron chi connectivity index (χ3n) is 4.89. The number of nitrogens with one attached hydrogen (secondary N) is 2. The molecule has 0 spiro atoms. The van der Waals surface area contributed by atoms with E-state index >= 15 is 0 Å². The van der Waals surface area contributed by atoms with Crippen LogP contribution >= 0.6 is 23.2 Å². The molecule has 2 N–H and O–H groups in total. The Morgan fingerprint density at radius 1 is 1.32 bits per heavy atom. The van der Waals surface area contributed by atoms with Gasteiger partial charge in [-0.05, 0) is 43.9 Å². The summed E-state index contributed by atoms with van der Waals surface area (Å²) in [5.41, 5.74) is 0.299. The lowest BCUT2D eigenvalue weighted by molar-refractivity contribution is -0.121. The first-order valence-corrected chi connectivity index (χ1v) is 10.5. The first-order valence-electron chi connectivity index (χ1n) is 9.73. The fourth-order valence-electron chi connectivity index (χ4n) is 3.37. The number of nitrogens with zero attached hydrogens (tertiary/aromatic N) is 1. The van der Waals surface area contributed by atoms with Gasteiger partial charge < -0.3 is 20.3 Å². The van der Waals surface area contributed by atoms with Gasteiger partial charge in [-0.2, -0.15) is 0 Å². The quantitative estimate of drug-likeness (QED) is 0.591. The summed E-state index contributed by atoms with van der Waals surface area (Å²) in [7, 11) is 0. The van der Waals surface area contributed by atoms with Crippen molar-refractivity contribution < 1.29 is 14.3 Å². The van der Waals surface area contributed by atoms with Crippen molar-refractivity contribution in [2.75, 3.05) is 39.4 Å². The Bertz CT molecular complexity index is 672. The van der Waals surface area contributed by atoms with Crippen molar-refractivity contribution >= 4 is 35.0 Å². The second kappa shape index (κ2) is 11.6. The molecular formula is C20H29Cl2N3O3. The molecule has 0 saturated carbocycles. The Hall–Kier alpha value is -1.34. The fraction of sp³-hybridized carbons (Fsp3) is 0.600. The smallest absolute Gasteiger partial charge is 0.253 e. The average molecular weight is 430 g/mol. The molecule has 6 nitrogen and oxygen atoms in total. The zero-order valence-electron chi connectivity index (χ0n) is 16.5. The second-order valence-corrected chi connectivity index (χ2v) is 7.94. The minimum Gasteiger partial charge on any atom is -0.382 e. The van der Waals surface area contributed by atoms with Crippen LogP contribution in [0, 0.1) is 5.92 Å². The molecule has 1 aromatic carbocycles. The fourth-order valence-corrected chi connectivity index (χ4v) is 3.87. The summed E-state index contributed by atoms with van der Waals surface area (Å²) in [6, 6.07) is 4.75. The first kappa shape index (κ1) is 22.9. The van der Waals surface area contributed by atoms with Gasteiger partial charge in [-0.3, -0.25) is 9.59 Å². The summed E-state index contributed by atoms with van der Waals surface area (Å²) in [6.07, 6.45) is 1.93. The van der Waals surface area contributed by atoms with Crippen LogP contribution in [0.25, 0.3) is 0 Å². The lowest BCUT2D eigenvalue weighted by Gasteiger charge is -2.37. The Kier molecular flexibility index (Phi) is 9.51. The number of likely N-dealkylation sites (tertiary alicyclic amines) is 1. The van der Waals surface area contributed by atoms with E-state index in [2.05, 4.69) is 22.5 Å². The number of ether oxygens (including phenoxy) is 1. The molecule has 156 valence electrons. The summed E-state index contributed by atoms with van der Waals surface area (Å²) in [4.78, 5) is 26.9. The number of hydrogen-bond acceptors (Lipinski definition) is 4. The van der Waals surface area contributed by atoms with Crippen LogP contribution in [-0.2, 0) is 9.53 Å². The SMILES string of the molecule is CCOCCCN1CCC(NC(=O)CNC(=O)c2ccc(Cl)cc2Cl)C(C)C1. The number of piperidine rings is 1. The third kappa shape index (κ3) is 7.24. The molecule has 8 heteroatoms. The standard InChI is InChI=1S/C20H29Cl2N3O3/c1-3-28-10-4-8-25-9-7-18(14(2)13-25)24-19(26)12-23-20(27)16-6-5-15(21)11-17(16)22/h5-6,11,14,18H,3-4,7-10,12-13H2,1-2H3,(H,23,27)(H,24,26). The van der Waals surface area contributed by atoms with Crippen molar-refractivity contribution in [1.29, 1.82) is 0 Å².